The van der Waals surface area contributed by atoms with Crippen molar-refractivity contribution < 1.29 is 28.7 Å². The summed E-state index contributed by atoms with van der Waals surface area (Å²) in [7, 11) is 0. The first-order chi connectivity index (χ1) is 20.0. The van der Waals surface area contributed by atoms with Crippen LogP contribution in [0.4, 0.5) is 0 Å². The summed E-state index contributed by atoms with van der Waals surface area (Å²) in [6.07, 6.45) is 9.45. The minimum absolute atomic E-state index is 0.0582. The Hall–Kier alpha value is -4.06. The first-order valence-corrected chi connectivity index (χ1v) is 14.8. The largest absolute Gasteiger partial charge is 0.457 e. The first kappa shape index (κ1) is 28.5. The van der Waals surface area contributed by atoms with Crippen molar-refractivity contribution in [1.82, 2.24) is 0 Å². The van der Waals surface area contributed by atoms with Gasteiger partial charge in [0.05, 0.1) is 0 Å². The van der Waals surface area contributed by atoms with Gasteiger partial charge < -0.3 is 9.47 Å². The fourth-order valence-electron chi connectivity index (χ4n) is 5.90. The second-order valence-electron chi connectivity index (χ2n) is 10.9. The smallest absolute Gasteiger partial charge is 0.342 e. The summed E-state index contributed by atoms with van der Waals surface area (Å²) < 4.78 is 10.1. The van der Waals surface area contributed by atoms with E-state index in [0.29, 0.717) is 17.6 Å². The van der Waals surface area contributed by atoms with Crippen LogP contribution in [0.1, 0.15) is 87.9 Å². The van der Waals surface area contributed by atoms with Crippen LogP contribution in [0, 0.1) is 0 Å². The molecule has 4 aromatic carbocycles. The van der Waals surface area contributed by atoms with E-state index in [4.69, 9.17) is 9.47 Å². The highest BCUT2D eigenvalue weighted by Crippen LogP contribution is 2.36. The number of unbranched alkanes of at least 4 members (excludes halogenated alkanes) is 7. The van der Waals surface area contributed by atoms with E-state index in [9.17, 15) is 19.2 Å². The number of ether oxygens (including phenoxy) is 2. The number of esters is 3. The molecule has 1 aliphatic rings. The molecular formula is C35H36O6. The summed E-state index contributed by atoms with van der Waals surface area (Å²) in [5.41, 5.74) is 1.13. The first-order valence-electron chi connectivity index (χ1n) is 14.8. The van der Waals surface area contributed by atoms with E-state index in [-0.39, 0.29) is 24.2 Å². The van der Waals surface area contributed by atoms with Crippen LogP contribution in [0.5, 0.6) is 0 Å². The summed E-state index contributed by atoms with van der Waals surface area (Å²) in [4.78, 5) is 50.2. The van der Waals surface area contributed by atoms with E-state index in [1.165, 1.54) is 32.1 Å². The molecule has 4 aromatic rings. The molecular weight excluding hydrogens is 516 g/mol. The number of ketones is 1. The molecule has 0 spiro atoms. The summed E-state index contributed by atoms with van der Waals surface area (Å²) in [6.45, 7) is 1.80. The predicted octanol–water partition coefficient (Wildman–Crippen LogP) is 8.00. The van der Waals surface area contributed by atoms with E-state index >= 15 is 0 Å². The van der Waals surface area contributed by atoms with Crippen LogP contribution in [0.15, 0.2) is 65.7 Å². The third kappa shape index (κ3) is 6.32. The predicted molar refractivity (Wildman–Crippen MR) is 160 cm³/mol. The van der Waals surface area contributed by atoms with Crippen molar-refractivity contribution in [3.05, 3.63) is 71.3 Å². The highest BCUT2D eigenvalue weighted by atomic mass is 16.6. The number of hydrogen-bond donors (Lipinski definition) is 0. The highest BCUT2D eigenvalue weighted by molar-refractivity contribution is 6.26. The molecule has 6 nitrogen and oxygen atoms in total. The fraction of sp³-hybridized carbons (Fsp3) is 0.371. The Labute approximate surface area is 240 Å². The molecule has 5 rings (SSSR count). The summed E-state index contributed by atoms with van der Waals surface area (Å²) in [5, 5.41) is 6.23. The van der Waals surface area contributed by atoms with Crippen molar-refractivity contribution >= 4 is 56.0 Å². The number of Topliss-reactive ketones (excluding diaryl/α,β-unsaturated/α-hetero) is 1. The normalized spacial score (nSPS) is 13.6. The van der Waals surface area contributed by atoms with Crippen molar-refractivity contribution in [2.45, 2.75) is 77.6 Å². The van der Waals surface area contributed by atoms with E-state index < -0.39 is 24.5 Å². The van der Waals surface area contributed by atoms with Gasteiger partial charge in [0.1, 0.15) is 0 Å². The maximum absolute atomic E-state index is 13.1. The van der Waals surface area contributed by atoms with Crippen LogP contribution in [-0.2, 0) is 23.9 Å². The fourth-order valence-corrected chi connectivity index (χ4v) is 5.90. The van der Waals surface area contributed by atoms with E-state index in [1.54, 1.807) is 6.07 Å². The van der Waals surface area contributed by atoms with Gasteiger partial charge in [0, 0.05) is 23.1 Å². The van der Waals surface area contributed by atoms with Crippen LogP contribution in [0.3, 0.4) is 0 Å². The van der Waals surface area contributed by atoms with Gasteiger partial charge in [-0.1, -0.05) is 106 Å². The van der Waals surface area contributed by atoms with Gasteiger partial charge in [-0.25, -0.2) is 9.59 Å². The summed E-state index contributed by atoms with van der Waals surface area (Å²) in [5.74, 6) is -2.17. The molecule has 0 saturated heterocycles. The average Bonchev–Trinajstić information content (AvgIpc) is 3.25. The lowest BCUT2D eigenvalue weighted by atomic mass is 9.91. The molecule has 0 atom stereocenters. The number of cyclic esters (lactones) is 2. The highest BCUT2D eigenvalue weighted by Gasteiger charge is 2.32. The van der Waals surface area contributed by atoms with Crippen molar-refractivity contribution in [2.24, 2.45) is 0 Å². The minimum atomic E-state index is -0.679. The summed E-state index contributed by atoms with van der Waals surface area (Å²) >= 11 is 0. The molecule has 6 heteroatoms. The maximum Gasteiger partial charge on any atom is 0.342 e. The van der Waals surface area contributed by atoms with E-state index in [1.807, 2.05) is 24.3 Å². The zero-order valence-electron chi connectivity index (χ0n) is 23.6. The lowest BCUT2D eigenvalue weighted by Gasteiger charge is -2.13. The Morgan fingerprint density at radius 2 is 1.27 bits per heavy atom. The van der Waals surface area contributed by atoms with Gasteiger partial charge in [-0.15, -0.1) is 0 Å². The van der Waals surface area contributed by atoms with Crippen molar-refractivity contribution in [1.29, 1.82) is 0 Å². The van der Waals surface area contributed by atoms with Crippen LogP contribution in [0.2, 0.25) is 0 Å². The molecule has 0 N–H and O–H groups in total. The SMILES string of the molecule is CCCCCCCCCCC1=C(CCC(=O)OCC(=O)c2ccc3ccc4cccc5ccc2c3c45)C(=O)OC1=O. The zero-order chi connectivity index (χ0) is 28.8. The van der Waals surface area contributed by atoms with Gasteiger partial charge in [0.25, 0.3) is 0 Å². The van der Waals surface area contributed by atoms with Crippen LogP contribution >= 0.6 is 0 Å². The van der Waals surface area contributed by atoms with E-state index in [0.717, 1.165) is 51.6 Å². The number of benzene rings is 4. The van der Waals surface area contributed by atoms with Gasteiger partial charge in [-0.05, 0) is 51.6 Å². The maximum atomic E-state index is 13.1. The van der Waals surface area contributed by atoms with Gasteiger partial charge >= 0.3 is 17.9 Å². The third-order valence-corrected chi connectivity index (χ3v) is 8.10. The number of carbonyl (C=O) groups excluding carboxylic acids is 4. The molecule has 0 unspecified atom stereocenters. The second-order valence-corrected chi connectivity index (χ2v) is 10.9. The number of carbonyl (C=O) groups is 4. The number of hydrogen-bond acceptors (Lipinski definition) is 6. The molecule has 41 heavy (non-hydrogen) atoms. The Balaban J connectivity index is 1.16. The van der Waals surface area contributed by atoms with Gasteiger partial charge in [0.15, 0.2) is 6.61 Å². The molecule has 0 amide bonds. The van der Waals surface area contributed by atoms with Crippen molar-refractivity contribution in [2.75, 3.05) is 6.61 Å². The Morgan fingerprint density at radius 1 is 0.683 bits per heavy atom. The summed E-state index contributed by atoms with van der Waals surface area (Å²) in [6, 6.07) is 17.9. The Kier molecular flexibility index (Phi) is 9.07. The van der Waals surface area contributed by atoms with Crippen LogP contribution < -0.4 is 0 Å². The molecule has 0 aromatic heterocycles. The molecule has 212 valence electrons. The topological polar surface area (TPSA) is 86.7 Å². The van der Waals surface area contributed by atoms with Crippen LogP contribution in [-0.4, -0.2) is 30.3 Å². The minimum Gasteiger partial charge on any atom is -0.457 e. The van der Waals surface area contributed by atoms with Gasteiger partial charge in [-0.3, -0.25) is 9.59 Å². The van der Waals surface area contributed by atoms with Crippen molar-refractivity contribution in [3.63, 3.8) is 0 Å². The third-order valence-electron chi connectivity index (χ3n) is 8.10. The molecule has 1 aliphatic heterocycles. The second kappa shape index (κ2) is 13.1. The molecule has 0 radical (unpaired) electrons. The molecule has 0 fully saturated rings. The molecule has 1 heterocycles. The molecule has 0 aliphatic carbocycles. The lowest BCUT2D eigenvalue weighted by Crippen LogP contribution is -2.15. The monoisotopic (exact) mass is 552 g/mol. The Bertz CT molecular complexity index is 1610. The van der Waals surface area contributed by atoms with Crippen molar-refractivity contribution in [3.8, 4) is 0 Å². The average molecular weight is 553 g/mol. The standard InChI is InChI=1S/C35H36O6/c1-2-3-4-5-6-7-8-9-13-28-29(35(39)41-34(28)38)20-21-31(37)40-22-30(36)26-18-16-25-15-14-23-11-10-12-24-17-19-27(26)33(25)32(23)24/h10-12,14-19H,2-9,13,20-22H2,1H3. The molecule has 0 bridgehead atoms. The van der Waals surface area contributed by atoms with Gasteiger partial charge in [0.2, 0.25) is 5.78 Å². The number of rotatable bonds is 15. The molecule has 0 saturated carbocycles. The Morgan fingerprint density at radius 3 is 1.98 bits per heavy atom. The quantitative estimate of drug-likeness (QED) is 0.0488. The van der Waals surface area contributed by atoms with E-state index in [2.05, 4.69) is 31.2 Å². The van der Waals surface area contributed by atoms with Gasteiger partial charge in [-0.2, -0.15) is 0 Å². The lowest BCUT2D eigenvalue weighted by molar-refractivity contribution is -0.151. The zero-order valence-corrected chi connectivity index (χ0v) is 23.6. The van der Waals surface area contributed by atoms with Crippen LogP contribution in [0.25, 0.3) is 32.3 Å².